The lowest BCUT2D eigenvalue weighted by atomic mass is 10.1. The van der Waals surface area contributed by atoms with Gasteiger partial charge in [-0.3, -0.25) is 4.79 Å². The summed E-state index contributed by atoms with van der Waals surface area (Å²) in [6.07, 6.45) is 7.67. The van der Waals surface area contributed by atoms with E-state index in [1.807, 2.05) is 19.1 Å². The summed E-state index contributed by atoms with van der Waals surface area (Å²) >= 11 is 0. The molecule has 12 heavy (non-hydrogen) atoms. The molecule has 0 aromatic carbocycles. The van der Waals surface area contributed by atoms with Gasteiger partial charge in [0.05, 0.1) is 0 Å². The van der Waals surface area contributed by atoms with Gasteiger partial charge in [-0.15, -0.1) is 0 Å². The molecule has 1 rings (SSSR count). The molecule has 2 nitrogen and oxygen atoms in total. The molecule has 0 heterocycles. The molecule has 1 N–H and O–H groups in total. The van der Waals surface area contributed by atoms with Crippen LogP contribution in [-0.4, -0.2) is 6.41 Å². The van der Waals surface area contributed by atoms with Crippen LogP contribution in [0.4, 0.5) is 0 Å². The molecular weight excluding hydrogens is 150 g/mol. The summed E-state index contributed by atoms with van der Waals surface area (Å²) in [6.45, 7) is 4.02. The highest BCUT2D eigenvalue weighted by Gasteiger charge is 2.10. The number of hydrogen-bond acceptors (Lipinski definition) is 1. The molecule has 0 aliphatic heterocycles. The van der Waals surface area contributed by atoms with Crippen molar-refractivity contribution >= 4 is 6.41 Å². The van der Waals surface area contributed by atoms with E-state index in [2.05, 4.69) is 18.3 Å². The van der Waals surface area contributed by atoms with Crippen molar-refractivity contribution in [2.45, 2.75) is 20.3 Å². The van der Waals surface area contributed by atoms with Gasteiger partial charge in [0.15, 0.2) is 0 Å². The topological polar surface area (TPSA) is 29.1 Å². The average Bonchev–Trinajstić information content (AvgIpc) is 2.37. The largest absolute Gasteiger partial charge is 0.331 e. The van der Waals surface area contributed by atoms with E-state index in [4.69, 9.17) is 0 Å². The van der Waals surface area contributed by atoms with E-state index in [9.17, 15) is 4.79 Å². The van der Waals surface area contributed by atoms with Crippen LogP contribution in [0.5, 0.6) is 0 Å². The van der Waals surface area contributed by atoms with Crippen LogP contribution in [0.15, 0.2) is 35.1 Å². The number of nitrogens with one attached hydrogen (secondary N) is 1. The molecule has 1 aliphatic rings. The van der Waals surface area contributed by atoms with Gasteiger partial charge in [0, 0.05) is 12.1 Å². The van der Waals surface area contributed by atoms with Gasteiger partial charge in [0.25, 0.3) is 0 Å². The fourth-order valence-corrected chi connectivity index (χ4v) is 1.32. The second-order valence-corrected chi connectivity index (χ2v) is 2.75. The maximum atomic E-state index is 10.2. The van der Waals surface area contributed by atoms with Crippen LogP contribution in [0.1, 0.15) is 20.3 Å². The number of allylic oxidation sites excluding steroid dienone is 5. The fourth-order valence-electron chi connectivity index (χ4n) is 1.32. The summed E-state index contributed by atoms with van der Waals surface area (Å²) < 4.78 is 0. The zero-order chi connectivity index (χ0) is 8.97. The van der Waals surface area contributed by atoms with Gasteiger partial charge in [-0.1, -0.05) is 18.2 Å². The summed E-state index contributed by atoms with van der Waals surface area (Å²) in [4.78, 5) is 10.2. The molecule has 0 radical (unpaired) electrons. The summed E-state index contributed by atoms with van der Waals surface area (Å²) in [6, 6.07) is 0. The number of hydrogen-bond donors (Lipinski definition) is 1. The molecule has 0 unspecified atom stereocenters. The Balaban J connectivity index is 2.88. The van der Waals surface area contributed by atoms with Crippen molar-refractivity contribution in [2.24, 2.45) is 0 Å². The van der Waals surface area contributed by atoms with Crippen LogP contribution in [0.2, 0.25) is 0 Å². The Labute approximate surface area is 72.7 Å². The number of carbonyl (C=O) groups excluding carboxylic acids is 1. The zero-order valence-corrected chi connectivity index (χ0v) is 7.42. The van der Waals surface area contributed by atoms with Crippen LogP contribution < -0.4 is 5.32 Å². The molecule has 0 spiro atoms. The van der Waals surface area contributed by atoms with E-state index in [-0.39, 0.29) is 0 Å². The van der Waals surface area contributed by atoms with Crippen LogP contribution in [0, 0.1) is 0 Å². The first-order valence-electron chi connectivity index (χ1n) is 4.02. The molecule has 1 amide bonds. The quantitative estimate of drug-likeness (QED) is 0.633. The smallest absolute Gasteiger partial charge is 0.211 e. The van der Waals surface area contributed by atoms with Crippen molar-refractivity contribution in [3.63, 3.8) is 0 Å². The van der Waals surface area contributed by atoms with Crippen molar-refractivity contribution in [2.75, 3.05) is 0 Å². The number of amides is 1. The van der Waals surface area contributed by atoms with Gasteiger partial charge in [0.2, 0.25) is 6.41 Å². The minimum atomic E-state index is 0.727. The van der Waals surface area contributed by atoms with Crippen LogP contribution in [0.25, 0.3) is 0 Å². The third-order valence-corrected chi connectivity index (χ3v) is 1.93. The molecule has 1 aliphatic carbocycles. The standard InChI is InChI=1S/C10H13NO/c1-3-4-9-8(2)5-6-10(9)11-7-12/h3-5,7H,6H2,1-2H3,(H,11,12)/b4-3-. The summed E-state index contributed by atoms with van der Waals surface area (Å²) in [5.74, 6) is 0. The Bertz CT molecular complexity index is 268. The number of rotatable bonds is 3. The zero-order valence-electron chi connectivity index (χ0n) is 7.42. The first-order chi connectivity index (χ1) is 5.79. The summed E-state index contributed by atoms with van der Waals surface area (Å²) in [5, 5.41) is 2.71. The Kier molecular flexibility index (Phi) is 2.86. The summed E-state index contributed by atoms with van der Waals surface area (Å²) in [5.41, 5.74) is 3.38. The van der Waals surface area contributed by atoms with Gasteiger partial charge < -0.3 is 5.32 Å². The van der Waals surface area contributed by atoms with E-state index >= 15 is 0 Å². The lowest BCUT2D eigenvalue weighted by Gasteiger charge is -2.02. The molecule has 0 saturated heterocycles. The Morgan fingerprint density at radius 3 is 2.92 bits per heavy atom. The average molecular weight is 163 g/mol. The van der Waals surface area contributed by atoms with Crippen molar-refractivity contribution in [3.05, 3.63) is 35.1 Å². The maximum absolute atomic E-state index is 10.2. The van der Waals surface area contributed by atoms with E-state index in [0.29, 0.717) is 0 Å². The molecule has 64 valence electrons. The van der Waals surface area contributed by atoms with Gasteiger partial charge >= 0.3 is 0 Å². The van der Waals surface area contributed by atoms with Crippen molar-refractivity contribution < 1.29 is 4.79 Å². The molecule has 0 aromatic heterocycles. The molecule has 0 atom stereocenters. The number of carbonyl (C=O) groups is 1. The maximum Gasteiger partial charge on any atom is 0.211 e. The van der Waals surface area contributed by atoms with Crippen LogP contribution >= 0.6 is 0 Å². The monoisotopic (exact) mass is 163 g/mol. The second kappa shape index (κ2) is 3.90. The van der Waals surface area contributed by atoms with Crippen LogP contribution in [-0.2, 0) is 4.79 Å². The van der Waals surface area contributed by atoms with E-state index in [0.717, 1.165) is 24.1 Å². The van der Waals surface area contributed by atoms with Crippen molar-refractivity contribution in [1.29, 1.82) is 0 Å². The highest BCUT2D eigenvalue weighted by Crippen LogP contribution is 2.24. The van der Waals surface area contributed by atoms with Gasteiger partial charge in [-0.25, -0.2) is 0 Å². The molecular formula is C10H13NO. The van der Waals surface area contributed by atoms with E-state index < -0.39 is 0 Å². The van der Waals surface area contributed by atoms with E-state index in [1.165, 1.54) is 5.57 Å². The van der Waals surface area contributed by atoms with Crippen molar-refractivity contribution in [1.82, 2.24) is 5.32 Å². The fraction of sp³-hybridized carbons (Fsp3) is 0.300. The lowest BCUT2D eigenvalue weighted by molar-refractivity contribution is -0.108. The summed E-state index contributed by atoms with van der Waals surface area (Å²) in [7, 11) is 0. The van der Waals surface area contributed by atoms with Gasteiger partial charge in [0.1, 0.15) is 0 Å². The minimum absolute atomic E-state index is 0.727. The predicted molar refractivity (Wildman–Crippen MR) is 49.4 cm³/mol. The lowest BCUT2D eigenvalue weighted by Crippen LogP contribution is -2.09. The molecule has 0 aromatic rings. The highest BCUT2D eigenvalue weighted by atomic mass is 16.1. The Morgan fingerprint density at radius 2 is 2.33 bits per heavy atom. The third kappa shape index (κ3) is 1.64. The van der Waals surface area contributed by atoms with Gasteiger partial charge in [-0.2, -0.15) is 0 Å². The van der Waals surface area contributed by atoms with E-state index in [1.54, 1.807) is 0 Å². The molecule has 0 fully saturated rings. The third-order valence-electron chi connectivity index (χ3n) is 1.93. The van der Waals surface area contributed by atoms with Crippen LogP contribution in [0.3, 0.4) is 0 Å². The highest BCUT2D eigenvalue weighted by molar-refractivity contribution is 5.56. The second-order valence-electron chi connectivity index (χ2n) is 2.75. The van der Waals surface area contributed by atoms with Crippen molar-refractivity contribution in [3.8, 4) is 0 Å². The molecule has 0 saturated carbocycles. The molecule has 0 bridgehead atoms. The minimum Gasteiger partial charge on any atom is -0.331 e. The first-order valence-corrected chi connectivity index (χ1v) is 4.02. The predicted octanol–water partition coefficient (Wildman–Crippen LogP) is 1.91. The van der Waals surface area contributed by atoms with Gasteiger partial charge in [-0.05, 0) is 25.0 Å². The SMILES string of the molecule is C/C=C\C1=C(NC=O)CC=C1C. The Hall–Kier alpha value is -1.31. The normalized spacial score (nSPS) is 17.0. The first kappa shape index (κ1) is 8.78. The Morgan fingerprint density at radius 1 is 1.58 bits per heavy atom. The molecule has 2 heteroatoms.